The molecule has 0 fully saturated rings. The summed E-state index contributed by atoms with van der Waals surface area (Å²) < 4.78 is 0. The molecule has 30 heavy (non-hydrogen) atoms. The van der Waals surface area contributed by atoms with Gasteiger partial charge in [0.2, 0.25) is 0 Å². The van der Waals surface area contributed by atoms with Crippen molar-refractivity contribution < 1.29 is 19.2 Å². The number of imide groups is 1. The van der Waals surface area contributed by atoms with Gasteiger partial charge in [-0.2, -0.15) is 5.01 Å². The number of nitrogens with two attached hydrogens (primary N) is 1. The van der Waals surface area contributed by atoms with Crippen LogP contribution >= 0.6 is 0 Å². The molecule has 0 aliphatic heterocycles. The fraction of sp³-hybridized carbons (Fsp3) is 0. The molecule has 150 valence electrons. The molecule has 0 aromatic heterocycles. The maximum absolute atomic E-state index is 13.1. The Labute approximate surface area is 172 Å². The zero-order chi connectivity index (χ0) is 21.5. The van der Waals surface area contributed by atoms with E-state index < -0.39 is 23.6 Å². The largest absolute Gasteiger partial charge is 0.290 e. The second-order valence-corrected chi connectivity index (χ2v) is 6.17. The van der Waals surface area contributed by atoms with Gasteiger partial charge in [-0.1, -0.05) is 42.5 Å². The first-order valence-corrected chi connectivity index (χ1v) is 8.92. The molecule has 0 heterocycles. The van der Waals surface area contributed by atoms with Crippen molar-refractivity contribution >= 4 is 23.6 Å². The summed E-state index contributed by atoms with van der Waals surface area (Å²) in [5, 5.41) is 0.629. The monoisotopic (exact) mass is 402 g/mol. The van der Waals surface area contributed by atoms with Crippen LogP contribution in [0.2, 0.25) is 0 Å². The van der Waals surface area contributed by atoms with Gasteiger partial charge in [0.1, 0.15) is 0 Å². The third-order valence-corrected chi connectivity index (χ3v) is 4.18. The number of nitrogens with one attached hydrogen (secondary N) is 2. The summed E-state index contributed by atoms with van der Waals surface area (Å²) in [6.07, 6.45) is 0. The van der Waals surface area contributed by atoms with Crippen LogP contribution in [0.15, 0.2) is 84.9 Å². The quantitative estimate of drug-likeness (QED) is 0.266. The van der Waals surface area contributed by atoms with Crippen LogP contribution in [0.25, 0.3) is 0 Å². The molecular formula is C22H18N4O4. The van der Waals surface area contributed by atoms with Gasteiger partial charge in [0.25, 0.3) is 23.6 Å². The lowest BCUT2D eigenvalue weighted by atomic mass is 10.1. The average molecular weight is 402 g/mol. The topological polar surface area (TPSA) is 122 Å². The summed E-state index contributed by atoms with van der Waals surface area (Å²) in [6, 6.07) is 21.9. The summed E-state index contributed by atoms with van der Waals surface area (Å²) in [5.41, 5.74) is 4.97. The Hall–Kier alpha value is -4.30. The van der Waals surface area contributed by atoms with Crippen LogP contribution in [-0.2, 0) is 0 Å². The van der Waals surface area contributed by atoms with Gasteiger partial charge in [-0.3, -0.25) is 30.0 Å². The van der Waals surface area contributed by atoms with Gasteiger partial charge in [0.05, 0.1) is 0 Å². The van der Waals surface area contributed by atoms with Gasteiger partial charge in [-0.25, -0.2) is 5.84 Å². The third kappa shape index (κ3) is 4.57. The number of amides is 4. The lowest BCUT2D eigenvalue weighted by Crippen LogP contribution is -2.50. The van der Waals surface area contributed by atoms with Gasteiger partial charge in [-0.15, -0.1) is 0 Å². The van der Waals surface area contributed by atoms with Gasteiger partial charge >= 0.3 is 0 Å². The Morgan fingerprint density at radius 1 is 0.600 bits per heavy atom. The fourth-order valence-electron chi connectivity index (χ4n) is 2.67. The molecule has 3 rings (SSSR count). The van der Waals surface area contributed by atoms with E-state index in [1.165, 1.54) is 36.4 Å². The molecule has 0 saturated carbocycles. The predicted octanol–water partition coefficient (Wildman–Crippen LogP) is 1.92. The van der Waals surface area contributed by atoms with E-state index in [0.29, 0.717) is 5.01 Å². The Morgan fingerprint density at radius 2 is 1.10 bits per heavy atom. The number of benzene rings is 3. The Kier molecular flexibility index (Phi) is 6.31. The number of carbonyl (C=O) groups is 4. The molecule has 0 spiro atoms. The number of hydrogen-bond donors (Lipinski definition) is 3. The van der Waals surface area contributed by atoms with Crippen molar-refractivity contribution in [1.29, 1.82) is 0 Å². The normalized spacial score (nSPS) is 10.0. The molecule has 3 aromatic carbocycles. The highest BCUT2D eigenvalue weighted by atomic mass is 16.2. The van der Waals surface area contributed by atoms with Crippen molar-refractivity contribution in [3.63, 3.8) is 0 Å². The minimum Gasteiger partial charge on any atom is -0.290 e. The predicted molar refractivity (Wildman–Crippen MR) is 109 cm³/mol. The van der Waals surface area contributed by atoms with Crippen LogP contribution in [0.4, 0.5) is 0 Å². The first-order valence-electron chi connectivity index (χ1n) is 8.92. The number of nitrogen functional groups attached to an aromatic ring is 1. The van der Waals surface area contributed by atoms with Gasteiger partial charge in [-0.05, 0) is 42.5 Å². The summed E-state index contributed by atoms with van der Waals surface area (Å²) in [4.78, 5) is 50.5. The van der Waals surface area contributed by atoms with Crippen molar-refractivity contribution in [1.82, 2.24) is 15.9 Å². The molecule has 0 bridgehead atoms. The van der Waals surface area contributed by atoms with Crippen LogP contribution < -0.4 is 16.7 Å². The van der Waals surface area contributed by atoms with Crippen molar-refractivity contribution in [2.45, 2.75) is 0 Å². The molecular weight excluding hydrogens is 384 g/mol. The molecule has 4 N–H and O–H groups in total. The number of nitrogens with zero attached hydrogens (tertiary/aromatic N) is 1. The van der Waals surface area contributed by atoms with E-state index in [0.717, 1.165) is 0 Å². The number of rotatable bonds is 4. The molecule has 0 atom stereocenters. The van der Waals surface area contributed by atoms with E-state index in [1.807, 2.05) is 5.43 Å². The number of hydrazine groups is 2. The summed E-state index contributed by atoms with van der Waals surface area (Å²) in [5.74, 6) is 2.38. The van der Waals surface area contributed by atoms with E-state index in [4.69, 9.17) is 5.84 Å². The molecule has 8 nitrogen and oxygen atoms in total. The average Bonchev–Trinajstić information content (AvgIpc) is 2.82. The lowest BCUT2D eigenvalue weighted by molar-refractivity contribution is 0.0484. The SMILES string of the molecule is NNC(=O)c1cccc(C(=O)N(NC(=O)c2ccccc2)C(=O)c2ccccc2)c1. The van der Waals surface area contributed by atoms with E-state index in [1.54, 1.807) is 48.5 Å². The highest BCUT2D eigenvalue weighted by molar-refractivity contribution is 6.12. The highest BCUT2D eigenvalue weighted by Gasteiger charge is 2.27. The van der Waals surface area contributed by atoms with Gasteiger partial charge < -0.3 is 0 Å². The number of carbonyl (C=O) groups excluding carboxylic acids is 4. The molecule has 0 unspecified atom stereocenters. The molecule has 8 heteroatoms. The first-order chi connectivity index (χ1) is 14.5. The van der Waals surface area contributed by atoms with Crippen LogP contribution in [0, 0.1) is 0 Å². The third-order valence-electron chi connectivity index (χ3n) is 4.18. The van der Waals surface area contributed by atoms with Crippen LogP contribution in [0.5, 0.6) is 0 Å². The van der Waals surface area contributed by atoms with Crippen LogP contribution in [0.1, 0.15) is 41.4 Å². The maximum atomic E-state index is 13.1. The molecule has 0 radical (unpaired) electrons. The highest BCUT2D eigenvalue weighted by Crippen LogP contribution is 2.12. The minimum atomic E-state index is -0.806. The first kappa shape index (κ1) is 20.4. The van der Waals surface area contributed by atoms with Crippen molar-refractivity contribution in [3.8, 4) is 0 Å². The molecule has 0 aliphatic carbocycles. The summed E-state index contributed by atoms with van der Waals surface area (Å²) in [6.45, 7) is 0. The Balaban J connectivity index is 1.96. The van der Waals surface area contributed by atoms with E-state index in [9.17, 15) is 19.2 Å². The van der Waals surface area contributed by atoms with Crippen molar-refractivity contribution in [2.75, 3.05) is 0 Å². The standard InChI is InChI=1S/C22H18N4O4/c23-24-19(27)17-12-7-13-18(14-17)22(30)26(21(29)16-10-5-2-6-11-16)25-20(28)15-8-3-1-4-9-15/h1-14H,23H2,(H,24,27)(H,25,28). The second kappa shape index (κ2) is 9.26. The Morgan fingerprint density at radius 3 is 1.70 bits per heavy atom. The fourth-order valence-corrected chi connectivity index (χ4v) is 2.67. The van der Waals surface area contributed by atoms with Crippen LogP contribution in [-0.4, -0.2) is 28.6 Å². The van der Waals surface area contributed by atoms with E-state index >= 15 is 0 Å². The van der Waals surface area contributed by atoms with Crippen LogP contribution in [0.3, 0.4) is 0 Å². The molecule has 4 amide bonds. The second-order valence-electron chi connectivity index (χ2n) is 6.17. The van der Waals surface area contributed by atoms with E-state index in [2.05, 4.69) is 5.43 Å². The molecule has 0 saturated heterocycles. The molecule has 0 aliphatic rings. The smallest absolute Gasteiger partial charge is 0.279 e. The van der Waals surface area contributed by atoms with E-state index in [-0.39, 0.29) is 22.3 Å². The van der Waals surface area contributed by atoms with Gasteiger partial charge in [0, 0.05) is 22.3 Å². The van der Waals surface area contributed by atoms with Gasteiger partial charge in [0.15, 0.2) is 0 Å². The summed E-state index contributed by atoms with van der Waals surface area (Å²) in [7, 11) is 0. The summed E-state index contributed by atoms with van der Waals surface area (Å²) >= 11 is 0. The Bertz CT molecular complexity index is 1080. The molecule has 3 aromatic rings. The van der Waals surface area contributed by atoms with Crippen molar-refractivity contribution in [2.24, 2.45) is 5.84 Å². The lowest BCUT2D eigenvalue weighted by Gasteiger charge is -2.22. The number of hydrogen-bond acceptors (Lipinski definition) is 5. The maximum Gasteiger partial charge on any atom is 0.279 e. The zero-order valence-corrected chi connectivity index (χ0v) is 15.7. The minimum absolute atomic E-state index is 0.0220. The van der Waals surface area contributed by atoms with Crippen molar-refractivity contribution in [3.05, 3.63) is 107 Å². The zero-order valence-electron chi connectivity index (χ0n) is 15.7.